The highest BCUT2D eigenvalue weighted by Gasteiger charge is 2.08. The van der Waals surface area contributed by atoms with Crippen LogP contribution in [-0.2, 0) is 6.54 Å². The van der Waals surface area contributed by atoms with Crippen LogP contribution in [0.5, 0.6) is 5.75 Å². The number of hydrogen-bond donors (Lipinski definition) is 1. The van der Waals surface area contributed by atoms with E-state index in [-0.39, 0.29) is 5.82 Å². The maximum absolute atomic E-state index is 12.9. The van der Waals surface area contributed by atoms with Crippen molar-refractivity contribution in [2.75, 3.05) is 26.7 Å². The Morgan fingerprint density at radius 2 is 2.04 bits per heavy atom. The van der Waals surface area contributed by atoms with Crippen LogP contribution < -0.4 is 10.1 Å². The summed E-state index contributed by atoms with van der Waals surface area (Å²) in [5.41, 5.74) is 1.07. The number of aryl methyl sites for hydroxylation is 2. The second-order valence-corrected chi connectivity index (χ2v) is 6.93. The number of aliphatic imine (C=N–C) groups is 1. The number of hydrogen-bond acceptors (Lipinski definition) is 4. The molecule has 136 valence electrons. The number of nitrogens with one attached hydrogen (secondary N) is 1. The molecule has 1 aromatic carbocycles. The highest BCUT2D eigenvalue weighted by molar-refractivity contribution is 7.11. The number of guanidine groups is 1. The fourth-order valence-corrected chi connectivity index (χ4v) is 3.01. The first-order valence-electron chi connectivity index (χ1n) is 8.30. The number of halogens is 1. The quantitative estimate of drug-likeness (QED) is 0.604. The summed E-state index contributed by atoms with van der Waals surface area (Å²) in [5.74, 6) is 1.21. The van der Waals surface area contributed by atoms with Gasteiger partial charge in [0.15, 0.2) is 5.96 Å². The highest BCUT2D eigenvalue weighted by atomic mass is 32.1. The minimum atomic E-state index is -0.265. The summed E-state index contributed by atoms with van der Waals surface area (Å²) in [4.78, 5) is 12.4. The van der Waals surface area contributed by atoms with Crippen LogP contribution in [0.4, 0.5) is 4.39 Å². The third-order valence-corrected chi connectivity index (χ3v) is 4.70. The first-order chi connectivity index (χ1) is 12.0. The smallest absolute Gasteiger partial charge is 0.194 e. The number of nitrogens with zero attached hydrogens (tertiary/aromatic N) is 3. The Labute approximate surface area is 152 Å². The van der Waals surface area contributed by atoms with Crippen molar-refractivity contribution in [2.45, 2.75) is 27.3 Å². The van der Waals surface area contributed by atoms with E-state index < -0.39 is 0 Å². The number of ether oxygens (including phenoxy) is 1. The third-order valence-electron chi connectivity index (χ3n) is 3.64. The minimum absolute atomic E-state index is 0.265. The van der Waals surface area contributed by atoms with E-state index in [2.05, 4.69) is 22.2 Å². The lowest BCUT2D eigenvalue weighted by atomic mass is 10.3. The van der Waals surface area contributed by atoms with Gasteiger partial charge in [-0.1, -0.05) is 0 Å². The Morgan fingerprint density at radius 3 is 2.64 bits per heavy atom. The molecule has 7 heteroatoms. The Kier molecular flexibility index (Phi) is 7.18. The predicted molar refractivity (Wildman–Crippen MR) is 101 cm³/mol. The van der Waals surface area contributed by atoms with E-state index in [1.54, 1.807) is 23.5 Å². The maximum Gasteiger partial charge on any atom is 0.194 e. The van der Waals surface area contributed by atoms with Crippen LogP contribution >= 0.6 is 11.3 Å². The fourth-order valence-electron chi connectivity index (χ4n) is 2.16. The molecule has 0 amide bonds. The number of benzene rings is 1. The van der Waals surface area contributed by atoms with Crippen LogP contribution in [0.2, 0.25) is 0 Å². The van der Waals surface area contributed by atoms with Crippen LogP contribution in [0, 0.1) is 19.7 Å². The fraction of sp³-hybridized carbons (Fsp3) is 0.444. The molecule has 0 bridgehead atoms. The zero-order valence-electron chi connectivity index (χ0n) is 15.2. The van der Waals surface area contributed by atoms with Crippen molar-refractivity contribution in [3.8, 4) is 5.75 Å². The standard InChI is InChI=1S/C18H25FN4OS/c1-5-20-18(21-12-17-22-13(2)14(3)25-17)23(4)10-11-24-16-8-6-15(19)7-9-16/h6-9H,5,10-12H2,1-4H3,(H,20,21). The van der Waals surface area contributed by atoms with E-state index in [1.807, 2.05) is 25.8 Å². The summed E-state index contributed by atoms with van der Waals surface area (Å²) in [5, 5.41) is 4.29. The highest BCUT2D eigenvalue weighted by Crippen LogP contribution is 2.17. The molecule has 5 nitrogen and oxygen atoms in total. The molecule has 0 unspecified atom stereocenters. The lowest BCUT2D eigenvalue weighted by Gasteiger charge is -2.22. The molecule has 1 N–H and O–H groups in total. The van der Waals surface area contributed by atoms with Crippen molar-refractivity contribution >= 4 is 17.3 Å². The number of likely N-dealkylation sites (N-methyl/N-ethyl adjacent to an activating group) is 1. The van der Waals surface area contributed by atoms with Crippen molar-refractivity contribution < 1.29 is 9.13 Å². The van der Waals surface area contributed by atoms with Gasteiger partial charge in [-0.2, -0.15) is 0 Å². The summed E-state index contributed by atoms with van der Waals surface area (Å²) in [6, 6.07) is 6.04. The minimum Gasteiger partial charge on any atom is -0.492 e. The summed E-state index contributed by atoms with van der Waals surface area (Å²) in [6.07, 6.45) is 0. The van der Waals surface area contributed by atoms with Crippen LogP contribution in [-0.4, -0.2) is 42.6 Å². The van der Waals surface area contributed by atoms with Gasteiger partial charge in [0, 0.05) is 18.5 Å². The molecule has 1 heterocycles. The molecule has 2 rings (SSSR count). The van der Waals surface area contributed by atoms with Gasteiger partial charge in [-0.05, 0) is 45.0 Å². The second-order valence-electron chi connectivity index (χ2n) is 5.64. The Morgan fingerprint density at radius 1 is 1.32 bits per heavy atom. The zero-order valence-corrected chi connectivity index (χ0v) is 16.0. The molecule has 0 atom stereocenters. The molecule has 0 fully saturated rings. The lowest BCUT2D eigenvalue weighted by molar-refractivity contribution is 0.281. The molecule has 0 spiro atoms. The topological polar surface area (TPSA) is 49.8 Å². The summed E-state index contributed by atoms with van der Waals surface area (Å²) in [6.45, 7) is 8.63. The molecule has 2 aromatic rings. The SMILES string of the molecule is CCNC(=NCc1nc(C)c(C)s1)N(C)CCOc1ccc(F)cc1. The average Bonchev–Trinajstić information content (AvgIpc) is 2.91. The van der Waals surface area contributed by atoms with Gasteiger partial charge in [0.1, 0.15) is 23.2 Å². The van der Waals surface area contributed by atoms with E-state index >= 15 is 0 Å². The van der Waals surface area contributed by atoms with Crippen molar-refractivity contribution in [2.24, 2.45) is 4.99 Å². The molecule has 0 aliphatic rings. The van der Waals surface area contributed by atoms with Gasteiger partial charge in [-0.3, -0.25) is 0 Å². The predicted octanol–water partition coefficient (Wildman–Crippen LogP) is 3.38. The van der Waals surface area contributed by atoms with Crippen molar-refractivity contribution in [1.82, 2.24) is 15.2 Å². The van der Waals surface area contributed by atoms with Gasteiger partial charge < -0.3 is 15.0 Å². The normalized spacial score (nSPS) is 11.5. The van der Waals surface area contributed by atoms with E-state index in [9.17, 15) is 4.39 Å². The molecular formula is C18H25FN4OS. The molecule has 0 saturated carbocycles. The number of aromatic nitrogens is 1. The van der Waals surface area contributed by atoms with Crippen molar-refractivity contribution in [3.05, 3.63) is 45.7 Å². The van der Waals surface area contributed by atoms with E-state index in [0.29, 0.717) is 25.4 Å². The van der Waals surface area contributed by atoms with Crippen LogP contribution in [0.1, 0.15) is 22.5 Å². The molecule has 25 heavy (non-hydrogen) atoms. The van der Waals surface area contributed by atoms with Crippen LogP contribution in [0.25, 0.3) is 0 Å². The first-order valence-corrected chi connectivity index (χ1v) is 9.12. The van der Waals surface area contributed by atoms with Gasteiger partial charge in [-0.25, -0.2) is 14.4 Å². The Bertz CT molecular complexity index is 680. The van der Waals surface area contributed by atoms with Crippen LogP contribution in [0.3, 0.4) is 0 Å². The number of rotatable bonds is 7. The van der Waals surface area contributed by atoms with Gasteiger partial charge in [0.2, 0.25) is 0 Å². The average molecular weight is 364 g/mol. The van der Waals surface area contributed by atoms with Crippen LogP contribution in [0.15, 0.2) is 29.3 Å². The van der Waals surface area contributed by atoms with Gasteiger partial charge in [0.25, 0.3) is 0 Å². The van der Waals surface area contributed by atoms with Crippen molar-refractivity contribution in [3.63, 3.8) is 0 Å². The second kappa shape index (κ2) is 9.36. The molecule has 0 aliphatic carbocycles. The first kappa shape index (κ1) is 19.2. The molecule has 0 saturated heterocycles. The largest absolute Gasteiger partial charge is 0.492 e. The van der Waals surface area contributed by atoms with Crippen molar-refractivity contribution in [1.29, 1.82) is 0 Å². The number of thiazole rings is 1. The molecular weight excluding hydrogens is 339 g/mol. The van der Waals surface area contributed by atoms with Gasteiger partial charge in [-0.15, -0.1) is 11.3 Å². The molecule has 1 aromatic heterocycles. The Hall–Kier alpha value is -2.15. The van der Waals surface area contributed by atoms with E-state index in [0.717, 1.165) is 23.2 Å². The summed E-state index contributed by atoms with van der Waals surface area (Å²) < 4.78 is 18.5. The van der Waals surface area contributed by atoms with E-state index in [4.69, 9.17) is 4.74 Å². The van der Waals surface area contributed by atoms with E-state index in [1.165, 1.54) is 17.0 Å². The summed E-state index contributed by atoms with van der Waals surface area (Å²) >= 11 is 1.68. The maximum atomic E-state index is 12.9. The molecule has 0 radical (unpaired) electrons. The third kappa shape index (κ3) is 6.01. The monoisotopic (exact) mass is 364 g/mol. The van der Waals surface area contributed by atoms with Gasteiger partial charge in [0.05, 0.1) is 18.8 Å². The Balaban J connectivity index is 1.88. The van der Waals surface area contributed by atoms with Gasteiger partial charge >= 0.3 is 0 Å². The lowest BCUT2D eigenvalue weighted by Crippen LogP contribution is -2.40. The molecule has 0 aliphatic heterocycles. The zero-order chi connectivity index (χ0) is 18.2. The summed E-state index contributed by atoms with van der Waals surface area (Å²) in [7, 11) is 1.97.